The Labute approximate surface area is 124 Å². The lowest BCUT2D eigenvalue weighted by Crippen LogP contribution is -2.15. The van der Waals surface area contributed by atoms with Crippen molar-refractivity contribution in [1.82, 2.24) is 0 Å². The van der Waals surface area contributed by atoms with E-state index in [1.165, 1.54) is 22.3 Å². The number of hydrogen-bond donors (Lipinski definition) is 1. The van der Waals surface area contributed by atoms with Crippen molar-refractivity contribution in [2.75, 3.05) is 5.73 Å². The first-order valence-electron chi connectivity index (χ1n) is 5.81. The van der Waals surface area contributed by atoms with Crippen LogP contribution in [0, 0.1) is 0 Å². The molecule has 0 fully saturated rings. The molecule has 2 N–H and O–H groups in total. The van der Waals surface area contributed by atoms with Gasteiger partial charge in [-0.15, -0.1) is 0 Å². The Morgan fingerprint density at radius 1 is 0.944 bits per heavy atom. The van der Waals surface area contributed by atoms with Gasteiger partial charge in [0.1, 0.15) is 0 Å². The van der Waals surface area contributed by atoms with Crippen molar-refractivity contribution in [2.45, 2.75) is 19.3 Å². The molecule has 1 aliphatic rings. The van der Waals surface area contributed by atoms with Crippen LogP contribution in [-0.4, -0.2) is 0 Å². The molecule has 0 aromatic heterocycles. The second kappa shape index (κ2) is 3.84. The molecule has 0 radical (unpaired) electrons. The highest BCUT2D eigenvalue weighted by Crippen LogP contribution is 2.50. The first-order chi connectivity index (χ1) is 8.41. The Hall–Kier alpha value is -0.800. The van der Waals surface area contributed by atoms with Crippen LogP contribution in [0.1, 0.15) is 25.0 Å². The quantitative estimate of drug-likeness (QED) is 0.645. The minimum Gasteiger partial charge on any atom is -0.398 e. The third-order valence-corrected chi connectivity index (χ3v) is 4.94. The standard InChI is InChI=1S/C15H13Br2N/c1-15(2)11-5-8(16)3-4-9(11)10-6-13(17)14(18)7-12(10)15/h3-7H,18H2,1-2H3. The van der Waals surface area contributed by atoms with Gasteiger partial charge in [0.25, 0.3) is 0 Å². The summed E-state index contributed by atoms with van der Waals surface area (Å²) in [5.41, 5.74) is 12.1. The zero-order valence-corrected chi connectivity index (χ0v) is 13.4. The summed E-state index contributed by atoms with van der Waals surface area (Å²) in [6, 6.07) is 10.7. The predicted molar refractivity (Wildman–Crippen MR) is 83.8 cm³/mol. The van der Waals surface area contributed by atoms with E-state index in [2.05, 4.69) is 76.0 Å². The third-order valence-electron chi connectivity index (χ3n) is 3.76. The van der Waals surface area contributed by atoms with Crippen molar-refractivity contribution < 1.29 is 0 Å². The number of hydrogen-bond acceptors (Lipinski definition) is 1. The molecule has 0 bridgehead atoms. The van der Waals surface area contributed by atoms with Crippen LogP contribution in [0.25, 0.3) is 11.1 Å². The van der Waals surface area contributed by atoms with Gasteiger partial charge in [-0.25, -0.2) is 0 Å². The zero-order valence-electron chi connectivity index (χ0n) is 10.2. The first-order valence-corrected chi connectivity index (χ1v) is 7.40. The van der Waals surface area contributed by atoms with Crippen molar-refractivity contribution in [1.29, 1.82) is 0 Å². The summed E-state index contributed by atoms with van der Waals surface area (Å²) in [5, 5.41) is 0. The van der Waals surface area contributed by atoms with Crippen molar-refractivity contribution >= 4 is 37.5 Å². The molecule has 3 heteroatoms. The molecule has 1 aliphatic carbocycles. The van der Waals surface area contributed by atoms with Crippen LogP contribution in [-0.2, 0) is 5.41 Å². The molecule has 1 nitrogen and oxygen atoms in total. The van der Waals surface area contributed by atoms with Gasteiger partial charge in [-0.1, -0.05) is 35.8 Å². The second-order valence-electron chi connectivity index (χ2n) is 5.23. The normalized spacial score (nSPS) is 15.3. The first kappa shape index (κ1) is 12.2. The monoisotopic (exact) mass is 365 g/mol. The van der Waals surface area contributed by atoms with E-state index in [0.29, 0.717) is 0 Å². The third kappa shape index (κ3) is 1.57. The molecular formula is C15H13Br2N. The highest BCUT2D eigenvalue weighted by molar-refractivity contribution is 9.10. The Bertz CT molecular complexity index is 660. The van der Waals surface area contributed by atoms with E-state index in [4.69, 9.17) is 5.73 Å². The van der Waals surface area contributed by atoms with Gasteiger partial charge in [-0.05, 0) is 62.4 Å². The minimum absolute atomic E-state index is 0.00324. The summed E-state index contributed by atoms with van der Waals surface area (Å²) >= 11 is 7.07. The molecule has 0 spiro atoms. The fourth-order valence-electron chi connectivity index (χ4n) is 2.74. The fourth-order valence-corrected chi connectivity index (χ4v) is 3.45. The number of nitrogens with two attached hydrogens (primary N) is 1. The predicted octanol–water partition coefficient (Wildman–Crippen LogP) is 5.10. The molecule has 3 rings (SSSR count). The van der Waals surface area contributed by atoms with E-state index in [1.807, 2.05) is 0 Å². The molecule has 92 valence electrons. The summed E-state index contributed by atoms with van der Waals surface area (Å²) < 4.78 is 2.09. The average molecular weight is 367 g/mol. The summed E-state index contributed by atoms with van der Waals surface area (Å²) in [7, 11) is 0. The van der Waals surface area contributed by atoms with Crippen molar-refractivity contribution in [3.8, 4) is 11.1 Å². The van der Waals surface area contributed by atoms with Gasteiger partial charge >= 0.3 is 0 Å². The average Bonchev–Trinajstić information content (AvgIpc) is 2.50. The number of rotatable bonds is 0. The molecule has 18 heavy (non-hydrogen) atoms. The maximum Gasteiger partial charge on any atom is 0.0462 e. The maximum absolute atomic E-state index is 6.02. The Kier molecular flexibility index (Phi) is 2.62. The number of benzene rings is 2. The van der Waals surface area contributed by atoms with Gasteiger partial charge in [0.15, 0.2) is 0 Å². The molecule has 0 aliphatic heterocycles. The van der Waals surface area contributed by atoms with Gasteiger partial charge in [0.2, 0.25) is 0 Å². The van der Waals surface area contributed by atoms with Crippen LogP contribution in [0.2, 0.25) is 0 Å². The Morgan fingerprint density at radius 3 is 2.33 bits per heavy atom. The highest BCUT2D eigenvalue weighted by Gasteiger charge is 2.35. The molecular weight excluding hydrogens is 354 g/mol. The van der Waals surface area contributed by atoms with Crippen molar-refractivity contribution in [3.05, 3.63) is 50.4 Å². The van der Waals surface area contributed by atoms with Gasteiger partial charge in [-0.2, -0.15) is 0 Å². The molecule has 0 saturated carbocycles. The van der Waals surface area contributed by atoms with E-state index in [0.717, 1.165) is 14.6 Å². The van der Waals surface area contributed by atoms with Gasteiger partial charge in [0.05, 0.1) is 0 Å². The second-order valence-corrected chi connectivity index (χ2v) is 7.00. The summed E-state index contributed by atoms with van der Waals surface area (Å²) in [6.07, 6.45) is 0. The fraction of sp³-hybridized carbons (Fsp3) is 0.200. The molecule has 2 aromatic carbocycles. The van der Waals surface area contributed by atoms with Gasteiger partial charge in [-0.3, -0.25) is 0 Å². The van der Waals surface area contributed by atoms with Crippen molar-refractivity contribution in [2.24, 2.45) is 0 Å². The number of anilines is 1. The van der Waals surface area contributed by atoms with Gasteiger partial charge in [0, 0.05) is 20.0 Å². The smallest absolute Gasteiger partial charge is 0.0462 e. The summed E-state index contributed by atoms with van der Waals surface area (Å²) in [6.45, 7) is 4.49. The molecule has 0 atom stereocenters. The Morgan fingerprint density at radius 2 is 1.61 bits per heavy atom. The summed E-state index contributed by atoms with van der Waals surface area (Å²) in [4.78, 5) is 0. The van der Waals surface area contributed by atoms with Crippen LogP contribution in [0.5, 0.6) is 0 Å². The van der Waals surface area contributed by atoms with Crippen LogP contribution < -0.4 is 5.73 Å². The number of halogens is 2. The lowest BCUT2D eigenvalue weighted by molar-refractivity contribution is 0.660. The number of nitrogen functional groups attached to an aromatic ring is 1. The van der Waals surface area contributed by atoms with E-state index < -0.39 is 0 Å². The van der Waals surface area contributed by atoms with Crippen LogP contribution in [0.4, 0.5) is 5.69 Å². The van der Waals surface area contributed by atoms with E-state index >= 15 is 0 Å². The van der Waals surface area contributed by atoms with Crippen molar-refractivity contribution in [3.63, 3.8) is 0 Å². The highest BCUT2D eigenvalue weighted by atomic mass is 79.9. The largest absolute Gasteiger partial charge is 0.398 e. The molecule has 0 heterocycles. The Balaban J connectivity index is 2.39. The number of fused-ring (bicyclic) bond motifs is 3. The molecule has 2 aromatic rings. The van der Waals surface area contributed by atoms with E-state index in [9.17, 15) is 0 Å². The van der Waals surface area contributed by atoms with Gasteiger partial charge < -0.3 is 5.73 Å². The van der Waals surface area contributed by atoms with Crippen LogP contribution >= 0.6 is 31.9 Å². The topological polar surface area (TPSA) is 26.0 Å². The lowest BCUT2D eigenvalue weighted by Gasteiger charge is -2.22. The SMILES string of the molecule is CC1(C)c2cc(Br)ccc2-c2cc(Br)c(N)cc21. The molecule has 0 unspecified atom stereocenters. The van der Waals surface area contributed by atoms with Crippen LogP contribution in [0.3, 0.4) is 0 Å². The summed E-state index contributed by atoms with van der Waals surface area (Å²) in [5.74, 6) is 0. The molecule has 0 saturated heterocycles. The molecule has 0 amide bonds. The maximum atomic E-state index is 6.02. The zero-order chi connectivity index (χ0) is 13.1. The lowest BCUT2D eigenvalue weighted by atomic mass is 9.82. The van der Waals surface area contributed by atoms with Crippen LogP contribution in [0.15, 0.2) is 39.3 Å². The minimum atomic E-state index is 0.00324. The van der Waals surface area contributed by atoms with E-state index in [1.54, 1.807) is 0 Å². The van der Waals surface area contributed by atoms with E-state index in [-0.39, 0.29) is 5.41 Å².